The Bertz CT molecular complexity index is 652. The summed E-state index contributed by atoms with van der Waals surface area (Å²) < 4.78 is 11.3. The number of carbonyl (C=O) groups is 1. The Kier molecular flexibility index (Phi) is 5.15. The first kappa shape index (κ1) is 15.8. The van der Waals surface area contributed by atoms with Gasteiger partial charge in [0, 0.05) is 23.1 Å². The number of hydrogen-bond donors (Lipinski definition) is 2. The van der Waals surface area contributed by atoms with Crippen LogP contribution in [0.1, 0.15) is 16.9 Å². The van der Waals surface area contributed by atoms with Crippen LogP contribution in [0.2, 0.25) is 0 Å². The molecule has 5 nitrogen and oxygen atoms in total. The molecule has 0 saturated carbocycles. The van der Waals surface area contributed by atoms with Crippen molar-refractivity contribution in [1.29, 1.82) is 0 Å². The molecular weight excluding hydrogens is 312 g/mol. The van der Waals surface area contributed by atoms with Crippen LogP contribution in [0.4, 0.5) is 10.5 Å². The number of anilines is 1. The summed E-state index contributed by atoms with van der Waals surface area (Å²) in [6.45, 7) is 3.88. The Morgan fingerprint density at radius 1 is 1.43 bits per heavy atom. The highest BCUT2D eigenvalue weighted by atomic mass is 32.1. The van der Waals surface area contributed by atoms with Crippen LogP contribution in [0.15, 0.2) is 35.7 Å². The topological polar surface area (TPSA) is 59.6 Å². The number of amides is 2. The zero-order valence-electron chi connectivity index (χ0n) is 13.0. The monoisotopic (exact) mass is 332 g/mol. The lowest BCUT2D eigenvalue weighted by atomic mass is 10.2. The van der Waals surface area contributed by atoms with E-state index in [0.717, 1.165) is 29.2 Å². The van der Waals surface area contributed by atoms with Crippen LogP contribution in [-0.4, -0.2) is 25.3 Å². The molecule has 1 atom stereocenters. The van der Waals surface area contributed by atoms with Gasteiger partial charge in [-0.3, -0.25) is 0 Å². The molecule has 6 heteroatoms. The van der Waals surface area contributed by atoms with Crippen molar-refractivity contribution >= 4 is 23.1 Å². The molecule has 2 aromatic rings. The molecule has 2 heterocycles. The molecule has 122 valence electrons. The third-order valence-electron chi connectivity index (χ3n) is 3.63. The van der Waals surface area contributed by atoms with Crippen molar-refractivity contribution in [2.24, 2.45) is 0 Å². The van der Waals surface area contributed by atoms with Crippen molar-refractivity contribution in [2.45, 2.75) is 26.0 Å². The van der Waals surface area contributed by atoms with E-state index in [0.29, 0.717) is 18.8 Å². The maximum atomic E-state index is 12.0. The summed E-state index contributed by atoms with van der Waals surface area (Å²) in [5, 5.41) is 7.67. The molecule has 1 saturated heterocycles. The molecule has 1 fully saturated rings. The molecule has 1 aromatic heterocycles. The van der Waals surface area contributed by atoms with Crippen molar-refractivity contribution in [3.05, 3.63) is 46.2 Å². The van der Waals surface area contributed by atoms with Gasteiger partial charge >= 0.3 is 6.03 Å². The van der Waals surface area contributed by atoms with E-state index >= 15 is 0 Å². The van der Waals surface area contributed by atoms with E-state index in [-0.39, 0.29) is 12.1 Å². The van der Waals surface area contributed by atoms with Crippen LogP contribution < -0.4 is 15.4 Å². The number of urea groups is 1. The minimum Gasteiger partial charge on any atom is -0.488 e. The van der Waals surface area contributed by atoms with Gasteiger partial charge in [-0.25, -0.2) is 4.79 Å². The lowest BCUT2D eigenvalue weighted by Crippen LogP contribution is -2.27. The number of benzene rings is 1. The van der Waals surface area contributed by atoms with Crippen LogP contribution >= 0.6 is 11.3 Å². The molecule has 0 radical (unpaired) electrons. The fraction of sp³-hybridized carbons (Fsp3) is 0.353. The summed E-state index contributed by atoms with van der Waals surface area (Å²) in [4.78, 5) is 13.1. The lowest BCUT2D eigenvalue weighted by Gasteiger charge is -2.15. The van der Waals surface area contributed by atoms with Crippen molar-refractivity contribution in [3.8, 4) is 5.75 Å². The summed E-state index contributed by atoms with van der Waals surface area (Å²) >= 11 is 1.62. The molecule has 1 aliphatic heterocycles. The van der Waals surface area contributed by atoms with Gasteiger partial charge in [-0.15, -0.1) is 11.3 Å². The molecule has 23 heavy (non-hydrogen) atoms. The highest BCUT2D eigenvalue weighted by molar-refractivity contribution is 7.09. The van der Waals surface area contributed by atoms with E-state index in [1.54, 1.807) is 11.3 Å². The lowest BCUT2D eigenvalue weighted by molar-refractivity contribution is 0.141. The smallest absolute Gasteiger partial charge is 0.319 e. The van der Waals surface area contributed by atoms with E-state index < -0.39 is 0 Å². The quantitative estimate of drug-likeness (QED) is 0.880. The summed E-state index contributed by atoms with van der Waals surface area (Å²) in [6, 6.07) is 9.41. The molecule has 0 spiro atoms. The van der Waals surface area contributed by atoms with Crippen LogP contribution in [-0.2, 0) is 11.3 Å². The zero-order valence-corrected chi connectivity index (χ0v) is 13.8. The molecule has 3 rings (SSSR count). The average molecular weight is 332 g/mol. The largest absolute Gasteiger partial charge is 0.488 e. The van der Waals surface area contributed by atoms with Gasteiger partial charge in [-0.05, 0) is 30.0 Å². The molecule has 1 unspecified atom stereocenters. The molecule has 0 aliphatic carbocycles. The number of carbonyl (C=O) groups excluding carboxylic acids is 1. The van der Waals surface area contributed by atoms with Gasteiger partial charge in [-0.1, -0.05) is 12.1 Å². The summed E-state index contributed by atoms with van der Waals surface area (Å²) in [5.41, 5.74) is 1.76. The number of rotatable bonds is 5. The summed E-state index contributed by atoms with van der Waals surface area (Å²) in [6.07, 6.45) is 0.995. The number of ether oxygens (including phenoxy) is 2. The van der Waals surface area contributed by atoms with Crippen LogP contribution in [0.25, 0.3) is 0 Å². The second-order valence-corrected chi connectivity index (χ2v) is 6.50. The number of hydrogen-bond acceptors (Lipinski definition) is 4. The first-order valence-electron chi connectivity index (χ1n) is 7.63. The first-order valence-corrected chi connectivity index (χ1v) is 8.51. The van der Waals surface area contributed by atoms with Gasteiger partial charge in [0.1, 0.15) is 11.9 Å². The second kappa shape index (κ2) is 7.48. The standard InChI is InChI=1S/C17H20N2O3S/c1-12-4-5-13(9-16(12)22-14-6-7-21-11-14)19-17(20)18-10-15-3-2-8-23-15/h2-5,8-9,14H,6-7,10-11H2,1H3,(H2,18,19,20). The molecular formula is C17H20N2O3S. The van der Waals surface area contributed by atoms with E-state index in [4.69, 9.17) is 9.47 Å². The third-order valence-corrected chi connectivity index (χ3v) is 4.51. The van der Waals surface area contributed by atoms with Crippen molar-refractivity contribution in [3.63, 3.8) is 0 Å². The van der Waals surface area contributed by atoms with Gasteiger partial charge in [0.2, 0.25) is 0 Å². The van der Waals surface area contributed by atoms with Gasteiger partial charge < -0.3 is 20.1 Å². The van der Waals surface area contributed by atoms with E-state index in [9.17, 15) is 4.79 Å². The van der Waals surface area contributed by atoms with Gasteiger partial charge in [-0.2, -0.15) is 0 Å². The normalized spacial score (nSPS) is 17.0. The van der Waals surface area contributed by atoms with E-state index in [1.165, 1.54) is 0 Å². The van der Waals surface area contributed by atoms with Crippen molar-refractivity contribution in [1.82, 2.24) is 5.32 Å². The SMILES string of the molecule is Cc1ccc(NC(=O)NCc2cccs2)cc1OC1CCOC1. The Labute approximate surface area is 139 Å². The Hall–Kier alpha value is -2.05. The highest BCUT2D eigenvalue weighted by Gasteiger charge is 2.18. The minimum absolute atomic E-state index is 0.0941. The van der Waals surface area contributed by atoms with Crippen LogP contribution in [0.3, 0.4) is 0 Å². The molecule has 2 amide bonds. The molecule has 2 N–H and O–H groups in total. The Morgan fingerprint density at radius 2 is 2.35 bits per heavy atom. The minimum atomic E-state index is -0.225. The number of thiophene rings is 1. The average Bonchev–Trinajstić information content (AvgIpc) is 3.22. The van der Waals surface area contributed by atoms with Crippen molar-refractivity contribution < 1.29 is 14.3 Å². The fourth-order valence-electron chi connectivity index (χ4n) is 2.35. The van der Waals surface area contributed by atoms with Gasteiger partial charge in [0.15, 0.2) is 0 Å². The van der Waals surface area contributed by atoms with E-state index in [2.05, 4.69) is 10.6 Å². The second-order valence-electron chi connectivity index (χ2n) is 5.47. The fourth-order valence-corrected chi connectivity index (χ4v) is 2.99. The maximum Gasteiger partial charge on any atom is 0.319 e. The zero-order chi connectivity index (χ0) is 16.1. The molecule has 1 aliphatic rings. The van der Waals surface area contributed by atoms with E-state index in [1.807, 2.05) is 42.6 Å². The Balaban J connectivity index is 1.57. The maximum absolute atomic E-state index is 12.0. The number of aryl methyl sites for hydroxylation is 1. The molecule has 1 aromatic carbocycles. The van der Waals surface area contributed by atoms with Crippen molar-refractivity contribution in [2.75, 3.05) is 18.5 Å². The predicted molar refractivity (Wildman–Crippen MR) is 91.2 cm³/mol. The van der Waals surface area contributed by atoms with Crippen LogP contribution in [0, 0.1) is 6.92 Å². The molecule has 0 bridgehead atoms. The summed E-state index contributed by atoms with van der Waals surface area (Å²) in [5.74, 6) is 0.788. The summed E-state index contributed by atoms with van der Waals surface area (Å²) in [7, 11) is 0. The third kappa shape index (κ3) is 4.46. The Morgan fingerprint density at radius 3 is 3.09 bits per heavy atom. The van der Waals surface area contributed by atoms with Gasteiger partial charge in [0.05, 0.1) is 19.8 Å². The van der Waals surface area contributed by atoms with Crippen LogP contribution in [0.5, 0.6) is 5.75 Å². The first-order chi connectivity index (χ1) is 11.2. The number of nitrogens with one attached hydrogen (secondary N) is 2. The highest BCUT2D eigenvalue weighted by Crippen LogP contribution is 2.25. The predicted octanol–water partition coefficient (Wildman–Crippen LogP) is 3.55. The van der Waals surface area contributed by atoms with Gasteiger partial charge in [0.25, 0.3) is 0 Å².